The van der Waals surface area contributed by atoms with Gasteiger partial charge in [0.05, 0.1) is 6.20 Å². The van der Waals surface area contributed by atoms with Crippen molar-refractivity contribution in [1.82, 2.24) is 29.0 Å². The minimum atomic E-state index is 0.437. The molecule has 0 radical (unpaired) electrons. The Hall–Kier alpha value is -2.61. The van der Waals surface area contributed by atoms with Crippen LogP contribution in [0.5, 0.6) is 0 Å². The van der Waals surface area contributed by atoms with Crippen LogP contribution >= 0.6 is 11.8 Å². The van der Waals surface area contributed by atoms with Crippen molar-refractivity contribution in [2.75, 3.05) is 5.73 Å². The topological polar surface area (TPSA) is 86.4 Å². The summed E-state index contributed by atoms with van der Waals surface area (Å²) in [4.78, 5) is 8.62. The second kappa shape index (κ2) is 4.20. The minimum Gasteiger partial charge on any atom is -0.382 e. The Kier molecular flexibility index (Phi) is 2.36. The number of aromatic nitrogens is 6. The summed E-state index contributed by atoms with van der Waals surface area (Å²) in [5.41, 5.74) is 7.35. The van der Waals surface area contributed by atoms with Gasteiger partial charge in [-0.3, -0.25) is 4.40 Å². The lowest BCUT2D eigenvalue weighted by Crippen LogP contribution is -1.98. The van der Waals surface area contributed by atoms with E-state index in [1.165, 1.54) is 11.8 Å². The molecule has 0 bridgehead atoms. The molecule has 0 aromatic carbocycles. The van der Waals surface area contributed by atoms with Crippen molar-refractivity contribution in [3.05, 3.63) is 43.0 Å². The van der Waals surface area contributed by atoms with Crippen molar-refractivity contribution >= 4 is 28.9 Å². The maximum atomic E-state index is 5.81. The number of imidazole rings is 1. The van der Waals surface area contributed by atoms with Gasteiger partial charge in [-0.05, 0) is 23.9 Å². The van der Waals surface area contributed by atoms with E-state index in [4.69, 9.17) is 5.73 Å². The van der Waals surface area contributed by atoms with Crippen molar-refractivity contribution in [2.45, 2.75) is 10.2 Å². The monoisotopic (exact) mass is 283 g/mol. The van der Waals surface area contributed by atoms with Crippen LogP contribution in [0.1, 0.15) is 0 Å². The third kappa shape index (κ3) is 1.69. The van der Waals surface area contributed by atoms with Gasteiger partial charge in [0.25, 0.3) is 0 Å². The number of nitrogen functional groups attached to an aromatic ring is 1. The van der Waals surface area contributed by atoms with Crippen LogP contribution in [0, 0.1) is 0 Å². The highest BCUT2D eigenvalue weighted by molar-refractivity contribution is 7.99. The summed E-state index contributed by atoms with van der Waals surface area (Å²) in [7, 11) is 0. The SMILES string of the molecule is Nc1cn2ccnc2c(Sc2nnc3ccccn23)n1. The van der Waals surface area contributed by atoms with Gasteiger partial charge < -0.3 is 10.1 Å². The lowest BCUT2D eigenvalue weighted by Gasteiger charge is -2.03. The van der Waals surface area contributed by atoms with Gasteiger partial charge in [0, 0.05) is 18.6 Å². The molecule has 0 unspecified atom stereocenters. The fourth-order valence-electron chi connectivity index (χ4n) is 1.97. The van der Waals surface area contributed by atoms with E-state index in [1.54, 1.807) is 12.4 Å². The van der Waals surface area contributed by atoms with Gasteiger partial charge in [-0.25, -0.2) is 9.97 Å². The Morgan fingerprint density at radius 1 is 1.15 bits per heavy atom. The predicted octanol–water partition coefficient (Wildman–Crippen LogP) is 1.51. The van der Waals surface area contributed by atoms with E-state index >= 15 is 0 Å². The van der Waals surface area contributed by atoms with Crippen molar-refractivity contribution in [2.24, 2.45) is 0 Å². The molecule has 0 amide bonds. The van der Waals surface area contributed by atoms with Gasteiger partial charge in [0.15, 0.2) is 11.3 Å². The fraction of sp³-hybridized carbons (Fsp3) is 0. The van der Waals surface area contributed by atoms with Gasteiger partial charge >= 0.3 is 0 Å². The van der Waals surface area contributed by atoms with Gasteiger partial charge in [-0.2, -0.15) is 0 Å². The quantitative estimate of drug-likeness (QED) is 0.600. The predicted molar refractivity (Wildman–Crippen MR) is 74.5 cm³/mol. The summed E-state index contributed by atoms with van der Waals surface area (Å²) < 4.78 is 3.74. The van der Waals surface area contributed by atoms with Crippen molar-refractivity contribution in [1.29, 1.82) is 0 Å². The van der Waals surface area contributed by atoms with Crippen molar-refractivity contribution in [3.63, 3.8) is 0 Å². The standard InChI is InChI=1S/C12H9N7S/c13-8-7-18-6-4-14-10(18)11(15-8)20-12-17-16-9-3-1-2-5-19(9)12/h1-7H,13H2. The Bertz CT molecular complexity index is 910. The van der Waals surface area contributed by atoms with Crippen LogP contribution in [0.15, 0.2) is 53.2 Å². The first-order chi connectivity index (χ1) is 9.81. The number of rotatable bonds is 2. The maximum Gasteiger partial charge on any atom is 0.202 e. The molecule has 0 aliphatic heterocycles. The largest absolute Gasteiger partial charge is 0.382 e. The van der Waals surface area contributed by atoms with E-state index < -0.39 is 0 Å². The highest BCUT2D eigenvalue weighted by Crippen LogP contribution is 2.28. The first-order valence-corrected chi connectivity index (χ1v) is 6.70. The molecule has 0 aliphatic rings. The van der Waals surface area contributed by atoms with E-state index in [1.807, 2.05) is 39.4 Å². The minimum absolute atomic E-state index is 0.437. The van der Waals surface area contributed by atoms with E-state index in [-0.39, 0.29) is 0 Å². The molecule has 7 nitrogen and oxygen atoms in total. The van der Waals surface area contributed by atoms with Crippen LogP contribution in [0.2, 0.25) is 0 Å². The Morgan fingerprint density at radius 2 is 2.10 bits per heavy atom. The maximum absolute atomic E-state index is 5.81. The molecule has 0 spiro atoms. The first-order valence-electron chi connectivity index (χ1n) is 5.88. The number of hydrogen-bond acceptors (Lipinski definition) is 6. The highest BCUT2D eigenvalue weighted by Gasteiger charge is 2.12. The molecule has 20 heavy (non-hydrogen) atoms. The molecular weight excluding hydrogens is 274 g/mol. The highest BCUT2D eigenvalue weighted by atomic mass is 32.2. The second-order valence-electron chi connectivity index (χ2n) is 4.14. The molecule has 4 aromatic rings. The zero-order chi connectivity index (χ0) is 13.5. The number of anilines is 1. The zero-order valence-corrected chi connectivity index (χ0v) is 11.0. The Morgan fingerprint density at radius 3 is 3.05 bits per heavy atom. The van der Waals surface area contributed by atoms with Crippen molar-refractivity contribution in [3.8, 4) is 0 Å². The van der Waals surface area contributed by atoms with Gasteiger partial charge in [-0.1, -0.05) is 6.07 Å². The molecule has 4 heterocycles. The van der Waals surface area contributed by atoms with Crippen LogP contribution in [-0.4, -0.2) is 29.0 Å². The van der Waals surface area contributed by atoms with Crippen molar-refractivity contribution < 1.29 is 0 Å². The van der Waals surface area contributed by atoms with Crippen LogP contribution in [-0.2, 0) is 0 Å². The molecule has 0 saturated carbocycles. The van der Waals surface area contributed by atoms with Gasteiger partial charge in [0.2, 0.25) is 5.16 Å². The molecule has 0 atom stereocenters. The van der Waals surface area contributed by atoms with Gasteiger partial charge in [-0.15, -0.1) is 10.2 Å². The molecule has 4 rings (SSSR count). The number of fused-ring (bicyclic) bond motifs is 2. The summed E-state index contributed by atoms with van der Waals surface area (Å²) >= 11 is 1.39. The van der Waals surface area contributed by atoms with Gasteiger partial charge in [0.1, 0.15) is 10.8 Å². The van der Waals surface area contributed by atoms with E-state index in [0.29, 0.717) is 10.8 Å². The number of hydrogen-bond donors (Lipinski definition) is 1. The lowest BCUT2D eigenvalue weighted by atomic mass is 10.5. The summed E-state index contributed by atoms with van der Waals surface area (Å²) in [5, 5.41) is 9.71. The molecule has 98 valence electrons. The number of nitrogens with zero attached hydrogens (tertiary/aromatic N) is 6. The third-order valence-corrected chi connectivity index (χ3v) is 3.76. The average molecular weight is 283 g/mol. The zero-order valence-electron chi connectivity index (χ0n) is 10.2. The summed E-state index contributed by atoms with van der Waals surface area (Å²) in [6.45, 7) is 0. The molecule has 8 heteroatoms. The Labute approximate surface area is 117 Å². The van der Waals surface area contributed by atoms with E-state index in [9.17, 15) is 0 Å². The molecule has 2 N–H and O–H groups in total. The molecule has 0 fully saturated rings. The normalized spacial score (nSPS) is 11.4. The lowest BCUT2D eigenvalue weighted by molar-refractivity contribution is 0.915. The average Bonchev–Trinajstić information content (AvgIpc) is 3.06. The smallest absolute Gasteiger partial charge is 0.202 e. The third-order valence-electron chi connectivity index (χ3n) is 2.83. The summed E-state index contributed by atoms with van der Waals surface area (Å²) in [5.74, 6) is 0.437. The second-order valence-corrected chi connectivity index (χ2v) is 5.10. The Balaban J connectivity index is 1.86. The number of nitrogens with two attached hydrogens (primary N) is 1. The molecule has 0 saturated heterocycles. The van der Waals surface area contributed by atoms with Crippen LogP contribution < -0.4 is 5.73 Å². The van der Waals surface area contributed by atoms with E-state index in [0.717, 1.165) is 16.5 Å². The fourth-order valence-corrected chi connectivity index (χ4v) is 2.87. The van der Waals surface area contributed by atoms with Crippen LogP contribution in [0.25, 0.3) is 11.3 Å². The van der Waals surface area contributed by atoms with Crippen LogP contribution in [0.3, 0.4) is 0 Å². The van der Waals surface area contributed by atoms with E-state index in [2.05, 4.69) is 20.2 Å². The molecule has 0 aliphatic carbocycles. The molecule has 4 aromatic heterocycles. The number of pyridine rings is 1. The first kappa shape index (κ1) is 11.2. The van der Waals surface area contributed by atoms with Crippen LogP contribution in [0.4, 0.5) is 5.82 Å². The summed E-state index contributed by atoms with van der Waals surface area (Å²) in [6.07, 6.45) is 7.18. The molecular formula is C12H9N7S. The summed E-state index contributed by atoms with van der Waals surface area (Å²) in [6, 6.07) is 5.75.